The Labute approximate surface area is 154 Å². The topological polar surface area (TPSA) is 68.2 Å². The van der Waals surface area contributed by atoms with Crippen LogP contribution in [0, 0.1) is 13.8 Å². The number of amides is 1. The van der Waals surface area contributed by atoms with Gasteiger partial charge in [-0.25, -0.2) is 4.68 Å². The van der Waals surface area contributed by atoms with Crippen molar-refractivity contribution in [1.82, 2.24) is 20.4 Å². The summed E-state index contributed by atoms with van der Waals surface area (Å²) in [5.41, 5.74) is 6.34. The normalized spacial score (nSPS) is 13.0. The van der Waals surface area contributed by atoms with E-state index in [1.165, 1.54) is 16.8 Å². The van der Waals surface area contributed by atoms with Crippen molar-refractivity contribution in [3.63, 3.8) is 0 Å². The molecule has 0 aliphatic heterocycles. The zero-order chi connectivity index (χ0) is 18.5. The molecule has 2 aromatic rings. The van der Waals surface area contributed by atoms with E-state index in [0.717, 1.165) is 43.6 Å². The highest BCUT2D eigenvalue weighted by atomic mass is 16.5. The molecule has 1 aromatic heterocycles. The molecule has 1 amide bonds. The van der Waals surface area contributed by atoms with E-state index in [0.29, 0.717) is 18.8 Å². The fourth-order valence-electron chi connectivity index (χ4n) is 3.51. The summed E-state index contributed by atoms with van der Waals surface area (Å²) >= 11 is 0. The molecule has 3 rings (SSSR count). The largest absolute Gasteiger partial charge is 0.383 e. The Morgan fingerprint density at radius 2 is 2.08 bits per heavy atom. The first-order valence-electron chi connectivity index (χ1n) is 9.28. The molecule has 1 heterocycles. The lowest BCUT2D eigenvalue weighted by atomic mass is 10.1. The minimum absolute atomic E-state index is 0.0831. The fourth-order valence-corrected chi connectivity index (χ4v) is 3.51. The summed E-state index contributed by atoms with van der Waals surface area (Å²) in [5, 5.41) is 10.9. The van der Waals surface area contributed by atoms with Crippen LogP contribution in [0.15, 0.2) is 18.2 Å². The van der Waals surface area contributed by atoms with Crippen LogP contribution in [0.5, 0.6) is 0 Å². The number of methoxy groups -OCH3 is 1. The molecule has 140 valence electrons. The Morgan fingerprint density at radius 3 is 2.85 bits per heavy atom. The molecule has 1 aliphatic carbocycles. The van der Waals surface area contributed by atoms with Gasteiger partial charge in [0.05, 0.1) is 12.3 Å². The van der Waals surface area contributed by atoms with Crippen LogP contribution in [0.4, 0.5) is 0 Å². The highest BCUT2D eigenvalue weighted by Crippen LogP contribution is 2.29. The van der Waals surface area contributed by atoms with Crippen molar-refractivity contribution < 1.29 is 9.53 Å². The van der Waals surface area contributed by atoms with Gasteiger partial charge in [0.1, 0.15) is 0 Å². The smallest absolute Gasteiger partial charge is 0.272 e. The van der Waals surface area contributed by atoms with Gasteiger partial charge in [0.25, 0.3) is 5.91 Å². The second-order valence-electron chi connectivity index (χ2n) is 6.83. The summed E-state index contributed by atoms with van der Waals surface area (Å²) in [6.07, 6.45) is 2.98. The van der Waals surface area contributed by atoms with Gasteiger partial charge in [-0.05, 0) is 44.7 Å². The number of ether oxygens (including phenoxy) is 1. The molecule has 0 spiro atoms. The third-order valence-corrected chi connectivity index (χ3v) is 4.80. The molecule has 6 nitrogen and oxygen atoms in total. The van der Waals surface area contributed by atoms with Gasteiger partial charge in [-0.1, -0.05) is 17.7 Å². The van der Waals surface area contributed by atoms with E-state index in [4.69, 9.17) is 4.74 Å². The Balaban J connectivity index is 1.74. The molecule has 0 atom stereocenters. The number of fused-ring (bicyclic) bond motifs is 1. The van der Waals surface area contributed by atoms with Crippen molar-refractivity contribution in [3.05, 3.63) is 46.3 Å². The summed E-state index contributed by atoms with van der Waals surface area (Å²) in [7, 11) is 1.68. The standard InChI is InChI=1S/C20H28N4O2/c1-14-7-8-17(15(2)13-14)24-18-6-4-5-16(18)19(23-24)20(25)22-10-9-21-11-12-26-3/h7-8,13,21H,4-6,9-12H2,1-3H3,(H,22,25). The first-order valence-corrected chi connectivity index (χ1v) is 9.28. The molecule has 0 fully saturated rings. The predicted molar refractivity (Wildman–Crippen MR) is 102 cm³/mol. The van der Waals surface area contributed by atoms with E-state index in [9.17, 15) is 4.79 Å². The van der Waals surface area contributed by atoms with Gasteiger partial charge in [0, 0.05) is 38.0 Å². The van der Waals surface area contributed by atoms with Crippen LogP contribution >= 0.6 is 0 Å². The second kappa shape index (κ2) is 8.47. The summed E-state index contributed by atoms with van der Waals surface area (Å²) in [5.74, 6) is -0.0831. The zero-order valence-corrected chi connectivity index (χ0v) is 15.9. The van der Waals surface area contributed by atoms with Gasteiger partial charge < -0.3 is 15.4 Å². The Kier molecular flexibility index (Phi) is 6.06. The average molecular weight is 356 g/mol. The van der Waals surface area contributed by atoms with Gasteiger partial charge in [0.15, 0.2) is 5.69 Å². The number of hydrogen-bond donors (Lipinski definition) is 2. The quantitative estimate of drug-likeness (QED) is 0.710. The highest BCUT2D eigenvalue weighted by molar-refractivity contribution is 5.94. The molecule has 1 aromatic carbocycles. The van der Waals surface area contributed by atoms with Crippen LogP contribution in [-0.4, -0.2) is 49.0 Å². The van der Waals surface area contributed by atoms with Crippen LogP contribution < -0.4 is 10.6 Å². The first kappa shape index (κ1) is 18.6. The van der Waals surface area contributed by atoms with Crippen molar-refractivity contribution in [2.75, 3.05) is 33.4 Å². The number of aryl methyl sites for hydroxylation is 2. The van der Waals surface area contributed by atoms with Crippen LogP contribution in [0.25, 0.3) is 5.69 Å². The van der Waals surface area contributed by atoms with Crippen LogP contribution in [0.2, 0.25) is 0 Å². The number of nitrogens with one attached hydrogen (secondary N) is 2. The summed E-state index contributed by atoms with van der Waals surface area (Å²) in [6.45, 7) is 6.92. The van der Waals surface area contributed by atoms with E-state index in [-0.39, 0.29) is 5.91 Å². The Morgan fingerprint density at radius 1 is 1.23 bits per heavy atom. The molecule has 0 saturated carbocycles. The molecular weight excluding hydrogens is 328 g/mol. The molecule has 26 heavy (non-hydrogen) atoms. The number of hydrogen-bond acceptors (Lipinski definition) is 4. The summed E-state index contributed by atoms with van der Waals surface area (Å²) in [4.78, 5) is 12.6. The molecule has 0 saturated heterocycles. The zero-order valence-electron chi connectivity index (χ0n) is 15.9. The molecule has 0 radical (unpaired) electrons. The van der Waals surface area contributed by atoms with Gasteiger partial charge in [0.2, 0.25) is 0 Å². The maximum atomic E-state index is 12.6. The molecule has 0 unspecified atom stereocenters. The maximum absolute atomic E-state index is 12.6. The minimum atomic E-state index is -0.0831. The third-order valence-electron chi connectivity index (χ3n) is 4.80. The lowest BCUT2D eigenvalue weighted by Gasteiger charge is -2.10. The number of aromatic nitrogens is 2. The van der Waals surface area contributed by atoms with Crippen molar-refractivity contribution in [2.24, 2.45) is 0 Å². The van der Waals surface area contributed by atoms with Crippen LogP contribution in [0.1, 0.15) is 39.3 Å². The third kappa shape index (κ3) is 3.97. The lowest BCUT2D eigenvalue weighted by Crippen LogP contribution is -2.33. The molecular formula is C20H28N4O2. The van der Waals surface area contributed by atoms with E-state index in [1.54, 1.807) is 7.11 Å². The predicted octanol–water partition coefficient (Wildman–Crippen LogP) is 1.94. The number of nitrogens with zero attached hydrogens (tertiary/aromatic N) is 2. The van der Waals surface area contributed by atoms with Gasteiger partial charge >= 0.3 is 0 Å². The molecule has 0 bridgehead atoms. The average Bonchev–Trinajstić information content (AvgIpc) is 3.21. The monoisotopic (exact) mass is 356 g/mol. The van der Waals surface area contributed by atoms with Gasteiger partial charge in [-0.2, -0.15) is 5.10 Å². The SMILES string of the molecule is COCCNCCNC(=O)c1nn(-c2ccc(C)cc2C)c2c1CCC2. The number of rotatable bonds is 8. The van der Waals surface area contributed by atoms with Crippen LogP contribution in [0.3, 0.4) is 0 Å². The van der Waals surface area contributed by atoms with E-state index < -0.39 is 0 Å². The second-order valence-corrected chi connectivity index (χ2v) is 6.83. The van der Waals surface area contributed by atoms with E-state index in [1.807, 2.05) is 4.68 Å². The summed E-state index contributed by atoms with van der Waals surface area (Å²) < 4.78 is 6.96. The van der Waals surface area contributed by atoms with Crippen LogP contribution in [-0.2, 0) is 17.6 Å². The maximum Gasteiger partial charge on any atom is 0.272 e. The van der Waals surface area contributed by atoms with Crippen molar-refractivity contribution in [3.8, 4) is 5.69 Å². The van der Waals surface area contributed by atoms with Crippen molar-refractivity contribution in [2.45, 2.75) is 33.1 Å². The molecule has 1 aliphatic rings. The Bertz CT molecular complexity index is 782. The fraction of sp³-hybridized carbons (Fsp3) is 0.500. The summed E-state index contributed by atoms with van der Waals surface area (Å²) in [6, 6.07) is 6.35. The number of carbonyl (C=O) groups excluding carboxylic acids is 1. The van der Waals surface area contributed by atoms with Crippen molar-refractivity contribution in [1.29, 1.82) is 0 Å². The number of carbonyl (C=O) groups is 1. The lowest BCUT2D eigenvalue weighted by molar-refractivity contribution is 0.0947. The van der Waals surface area contributed by atoms with E-state index in [2.05, 4.69) is 47.8 Å². The molecule has 6 heteroatoms. The van der Waals surface area contributed by atoms with Gasteiger partial charge in [-0.15, -0.1) is 0 Å². The molecule has 2 N–H and O–H groups in total. The first-order chi connectivity index (χ1) is 12.6. The van der Waals surface area contributed by atoms with Gasteiger partial charge in [-0.3, -0.25) is 4.79 Å². The number of benzene rings is 1. The van der Waals surface area contributed by atoms with Crippen molar-refractivity contribution >= 4 is 5.91 Å². The highest BCUT2D eigenvalue weighted by Gasteiger charge is 2.27. The Hall–Kier alpha value is -2.18. The van der Waals surface area contributed by atoms with E-state index >= 15 is 0 Å². The minimum Gasteiger partial charge on any atom is -0.383 e.